The summed E-state index contributed by atoms with van der Waals surface area (Å²) in [6, 6.07) is 57.6. The fourth-order valence-corrected chi connectivity index (χ4v) is 10.8. The normalized spacial score (nSPS) is 11.8. The van der Waals surface area contributed by atoms with Gasteiger partial charge in [0.15, 0.2) is 0 Å². The summed E-state index contributed by atoms with van der Waals surface area (Å²) in [5.74, 6) is 1.92. The third-order valence-electron chi connectivity index (χ3n) is 10.1. The summed E-state index contributed by atoms with van der Waals surface area (Å²) >= 11 is 0.0366. The van der Waals surface area contributed by atoms with E-state index in [1.165, 1.54) is 52.0 Å². The zero-order chi connectivity index (χ0) is 34.2. The van der Waals surface area contributed by atoms with Gasteiger partial charge in [0, 0.05) is 0 Å². The molecule has 0 atom stereocenters. The van der Waals surface area contributed by atoms with Crippen molar-refractivity contribution in [2.24, 2.45) is 0 Å². The number of nitrogens with zero attached hydrogens (tertiary/aromatic N) is 3. The van der Waals surface area contributed by atoms with Crippen LogP contribution in [-0.2, 0) is 0 Å². The molecular formula is C47H27N3OSe. The predicted octanol–water partition coefficient (Wildman–Crippen LogP) is 12.1. The van der Waals surface area contributed by atoms with E-state index in [9.17, 15) is 0 Å². The third kappa shape index (κ3) is 4.50. The van der Waals surface area contributed by atoms with Crippen LogP contribution in [0.25, 0.3) is 108 Å². The number of aromatic nitrogens is 3. The van der Waals surface area contributed by atoms with Crippen molar-refractivity contribution in [2.45, 2.75) is 0 Å². The minimum atomic E-state index is 0.0366. The van der Waals surface area contributed by atoms with Gasteiger partial charge in [0.1, 0.15) is 0 Å². The molecule has 0 aliphatic heterocycles. The zero-order valence-electron chi connectivity index (χ0n) is 27.7. The van der Waals surface area contributed by atoms with Crippen LogP contribution in [0.2, 0.25) is 0 Å². The van der Waals surface area contributed by atoms with E-state index in [-0.39, 0.29) is 14.5 Å². The fraction of sp³-hybridized carbons (Fsp3) is 0. The predicted molar refractivity (Wildman–Crippen MR) is 216 cm³/mol. The van der Waals surface area contributed by atoms with Gasteiger partial charge in [0.05, 0.1) is 0 Å². The Morgan fingerprint density at radius 2 is 0.981 bits per heavy atom. The average Bonchev–Trinajstić information content (AvgIpc) is 3.80. The summed E-state index contributed by atoms with van der Waals surface area (Å²) in [5.41, 5.74) is 7.06. The first kappa shape index (κ1) is 29.4. The van der Waals surface area contributed by atoms with Crippen LogP contribution in [0, 0.1) is 0 Å². The molecule has 0 N–H and O–H groups in total. The Hall–Kier alpha value is -6.39. The molecule has 0 aliphatic rings. The summed E-state index contributed by atoms with van der Waals surface area (Å²) in [5, 5.41) is 9.55. The summed E-state index contributed by atoms with van der Waals surface area (Å²) < 4.78 is 9.08. The molecule has 0 saturated heterocycles. The summed E-state index contributed by atoms with van der Waals surface area (Å²) in [7, 11) is 0. The van der Waals surface area contributed by atoms with Crippen LogP contribution >= 0.6 is 0 Å². The van der Waals surface area contributed by atoms with Crippen LogP contribution in [0.4, 0.5) is 0 Å². The molecule has 52 heavy (non-hydrogen) atoms. The van der Waals surface area contributed by atoms with Gasteiger partial charge in [-0.1, -0.05) is 0 Å². The standard InChI is InChI=1S/C47H27N3OSe/c1-3-13-28(14-4-1)33-20-11-21-35-42-37(27-31-26-25-29-15-7-8-18-32(29)40(31)44(42)52-43(33)35)47-49-45(30-16-5-2-6-17-30)48-46(50-47)36-22-12-24-39-41(36)34-19-9-10-23-38(34)51-39/h1-27H. The van der Waals surface area contributed by atoms with Gasteiger partial charge in [-0.05, 0) is 0 Å². The van der Waals surface area contributed by atoms with Crippen molar-refractivity contribution in [3.8, 4) is 45.3 Å². The van der Waals surface area contributed by atoms with E-state index in [0.717, 1.165) is 38.6 Å². The Morgan fingerprint density at radius 1 is 0.365 bits per heavy atom. The van der Waals surface area contributed by atoms with E-state index in [1.54, 1.807) is 0 Å². The van der Waals surface area contributed by atoms with Crippen molar-refractivity contribution in [2.75, 3.05) is 0 Å². The van der Waals surface area contributed by atoms with E-state index in [4.69, 9.17) is 19.4 Å². The first-order valence-corrected chi connectivity index (χ1v) is 19.1. The Balaban J connectivity index is 1.28. The van der Waals surface area contributed by atoms with E-state index in [0.29, 0.717) is 17.5 Å². The number of para-hydroxylation sites is 1. The Labute approximate surface area is 304 Å². The molecule has 0 bridgehead atoms. The van der Waals surface area contributed by atoms with Crippen LogP contribution in [0.15, 0.2) is 168 Å². The van der Waals surface area contributed by atoms with E-state index < -0.39 is 0 Å². The number of hydrogen-bond acceptors (Lipinski definition) is 4. The van der Waals surface area contributed by atoms with Gasteiger partial charge in [0.25, 0.3) is 0 Å². The number of hydrogen-bond donors (Lipinski definition) is 0. The van der Waals surface area contributed by atoms with Crippen LogP contribution < -0.4 is 0 Å². The minimum absolute atomic E-state index is 0.0366. The Bertz CT molecular complexity index is 3180. The van der Waals surface area contributed by atoms with E-state index in [1.807, 2.05) is 48.5 Å². The molecule has 0 fully saturated rings. The number of fused-ring (bicyclic) bond motifs is 10. The van der Waals surface area contributed by atoms with Crippen molar-refractivity contribution in [3.05, 3.63) is 164 Å². The number of furan rings is 1. The molecule has 11 aromatic rings. The summed E-state index contributed by atoms with van der Waals surface area (Å²) in [6.45, 7) is 0. The molecular weight excluding hydrogens is 701 g/mol. The summed E-state index contributed by atoms with van der Waals surface area (Å²) in [4.78, 5) is 15.8. The molecule has 8 aromatic carbocycles. The molecule has 0 aliphatic carbocycles. The quantitative estimate of drug-likeness (QED) is 0.134. The molecule has 3 heterocycles. The van der Waals surface area contributed by atoms with Crippen LogP contribution in [-0.4, -0.2) is 29.5 Å². The Morgan fingerprint density at radius 3 is 1.83 bits per heavy atom. The first-order valence-electron chi connectivity index (χ1n) is 17.4. The van der Waals surface area contributed by atoms with Gasteiger partial charge in [-0.25, -0.2) is 0 Å². The molecule has 11 rings (SSSR count). The van der Waals surface area contributed by atoms with Gasteiger partial charge >= 0.3 is 306 Å². The zero-order valence-corrected chi connectivity index (χ0v) is 29.5. The first-order chi connectivity index (χ1) is 25.8. The third-order valence-corrected chi connectivity index (χ3v) is 12.7. The SMILES string of the molecule is c1ccc(-c2nc(-c3cccc4oc5ccccc5c34)nc(-c3cc4ccc5ccccc5c4c4[se]c5c(-c6ccccc6)cccc5c34)n2)cc1. The molecule has 0 spiro atoms. The second-order valence-electron chi connectivity index (χ2n) is 13.1. The van der Waals surface area contributed by atoms with Crippen molar-refractivity contribution >= 4 is 77.3 Å². The second kappa shape index (κ2) is 11.6. The molecule has 0 saturated carbocycles. The topological polar surface area (TPSA) is 51.8 Å². The fourth-order valence-electron chi connectivity index (χ4n) is 7.77. The summed E-state index contributed by atoms with van der Waals surface area (Å²) in [6.07, 6.45) is 0. The molecule has 242 valence electrons. The van der Waals surface area contributed by atoms with E-state index >= 15 is 0 Å². The molecule has 4 nitrogen and oxygen atoms in total. The second-order valence-corrected chi connectivity index (χ2v) is 15.3. The maximum absolute atomic E-state index is 6.31. The Kier molecular flexibility index (Phi) is 6.53. The van der Waals surface area contributed by atoms with Crippen molar-refractivity contribution in [1.29, 1.82) is 0 Å². The van der Waals surface area contributed by atoms with Crippen molar-refractivity contribution in [3.63, 3.8) is 0 Å². The van der Waals surface area contributed by atoms with Gasteiger partial charge < -0.3 is 0 Å². The molecule has 5 heteroatoms. The molecule has 3 aromatic heterocycles. The number of benzene rings is 8. The molecule has 0 unspecified atom stereocenters. The van der Waals surface area contributed by atoms with Crippen LogP contribution in [0.5, 0.6) is 0 Å². The average molecular weight is 729 g/mol. The van der Waals surface area contributed by atoms with Gasteiger partial charge in [0.2, 0.25) is 0 Å². The molecule has 0 amide bonds. The van der Waals surface area contributed by atoms with Gasteiger partial charge in [-0.15, -0.1) is 0 Å². The maximum atomic E-state index is 6.31. The monoisotopic (exact) mass is 729 g/mol. The van der Waals surface area contributed by atoms with Crippen LogP contribution in [0.3, 0.4) is 0 Å². The van der Waals surface area contributed by atoms with E-state index in [2.05, 4.69) is 115 Å². The molecule has 0 radical (unpaired) electrons. The van der Waals surface area contributed by atoms with Gasteiger partial charge in [-0.3, -0.25) is 0 Å². The van der Waals surface area contributed by atoms with Crippen molar-refractivity contribution < 1.29 is 4.42 Å². The van der Waals surface area contributed by atoms with Gasteiger partial charge in [-0.2, -0.15) is 0 Å². The van der Waals surface area contributed by atoms with Crippen molar-refractivity contribution in [1.82, 2.24) is 15.0 Å². The van der Waals surface area contributed by atoms with Crippen LogP contribution in [0.1, 0.15) is 0 Å². The number of rotatable bonds is 4.